The maximum absolute atomic E-state index is 11.8. The number of carboxylic acids is 1. The molecule has 0 bridgehead atoms. The quantitative estimate of drug-likeness (QED) is 0.610. The van der Waals surface area contributed by atoms with E-state index in [4.69, 9.17) is 10.8 Å². The summed E-state index contributed by atoms with van der Waals surface area (Å²) >= 11 is 1.44. The minimum atomic E-state index is -1.20. The highest BCUT2D eigenvalue weighted by Crippen LogP contribution is 2.34. The Hall–Kier alpha value is -2.71. The topological polar surface area (TPSA) is 112 Å². The average molecular weight is 413 g/mol. The van der Waals surface area contributed by atoms with E-state index in [9.17, 15) is 9.59 Å². The fourth-order valence-electron chi connectivity index (χ4n) is 3.96. The van der Waals surface area contributed by atoms with Crippen molar-refractivity contribution >= 4 is 33.2 Å². The highest BCUT2D eigenvalue weighted by molar-refractivity contribution is 7.18. The number of carboxylic acid groups (broad SMARTS) is 1. The third-order valence-electron chi connectivity index (χ3n) is 5.40. The summed E-state index contributed by atoms with van der Waals surface area (Å²) in [6.07, 6.45) is 5.58. The Labute approximate surface area is 172 Å². The molecule has 0 atom stereocenters. The first kappa shape index (κ1) is 19.6. The van der Waals surface area contributed by atoms with Gasteiger partial charge in [-0.1, -0.05) is 12.1 Å². The maximum Gasteiger partial charge on any atom is 0.372 e. The first-order chi connectivity index (χ1) is 14.1. The number of aromatic nitrogens is 2. The molecule has 2 aromatic heterocycles. The maximum atomic E-state index is 11.8. The van der Waals surface area contributed by atoms with Crippen molar-refractivity contribution in [1.29, 1.82) is 0 Å². The van der Waals surface area contributed by atoms with Crippen LogP contribution in [0.5, 0.6) is 0 Å². The van der Waals surface area contributed by atoms with Crippen LogP contribution < -0.4 is 16.2 Å². The number of carbonyl (C=O) groups is 1. The molecule has 0 saturated carbocycles. The Morgan fingerprint density at radius 2 is 2.03 bits per heavy atom. The third-order valence-corrected chi connectivity index (χ3v) is 6.58. The van der Waals surface area contributed by atoms with Crippen molar-refractivity contribution in [3.05, 3.63) is 56.4 Å². The molecule has 1 fully saturated rings. The smallest absolute Gasteiger partial charge is 0.372 e. The van der Waals surface area contributed by atoms with Crippen molar-refractivity contribution < 1.29 is 9.90 Å². The molecule has 1 aliphatic heterocycles. The van der Waals surface area contributed by atoms with Crippen LogP contribution in [0.3, 0.4) is 0 Å². The number of benzene rings is 1. The molecule has 1 saturated heterocycles. The second-order valence-electron chi connectivity index (χ2n) is 7.33. The van der Waals surface area contributed by atoms with Gasteiger partial charge in [-0.2, -0.15) is 0 Å². The van der Waals surface area contributed by atoms with E-state index in [1.165, 1.54) is 53.4 Å². The van der Waals surface area contributed by atoms with E-state index in [2.05, 4.69) is 39.1 Å². The van der Waals surface area contributed by atoms with Crippen LogP contribution in [0.2, 0.25) is 0 Å². The normalized spacial score (nSPS) is 15.3. The van der Waals surface area contributed by atoms with E-state index < -0.39 is 5.97 Å². The van der Waals surface area contributed by atoms with Crippen LogP contribution in [0.15, 0.2) is 29.1 Å². The number of aromatic carboxylic acids is 1. The second-order valence-corrected chi connectivity index (χ2v) is 8.41. The number of aryl methyl sites for hydroxylation is 2. The molecule has 0 unspecified atom stereocenters. The zero-order valence-corrected chi connectivity index (χ0v) is 16.9. The van der Waals surface area contributed by atoms with Gasteiger partial charge in [-0.3, -0.25) is 4.79 Å². The number of nitrogens with two attached hydrogens (primary N) is 1. The third kappa shape index (κ3) is 4.04. The second kappa shape index (κ2) is 8.34. The lowest BCUT2D eigenvalue weighted by Gasteiger charge is -2.17. The van der Waals surface area contributed by atoms with Gasteiger partial charge in [0.25, 0.3) is 5.56 Å². The van der Waals surface area contributed by atoms with Gasteiger partial charge < -0.3 is 20.7 Å². The molecule has 5 rings (SSSR count). The molecule has 0 spiro atoms. The number of nitrogens with zero attached hydrogens (tertiary/aromatic N) is 2. The van der Waals surface area contributed by atoms with Crippen molar-refractivity contribution in [2.24, 2.45) is 5.73 Å². The van der Waals surface area contributed by atoms with Crippen LogP contribution in [0.1, 0.15) is 45.9 Å². The average Bonchev–Trinajstić information content (AvgIpc) is 3.45. The Bertz CT molecular complexity index is 1100. The molecule has 29 heavy (non-hydrogen) atoms. The highest BCUT2D eigenvalue weighted by atomic mass is 32.1. The van der Waals surface area contributed by atoms with E-state index in [0.29, 0.717) is 16.8 Å². The summed E-state index contributed by atoms with van der Waals surface area (Å²) in [6, 6.07) is 8.55. The number of aromatic amines is 1. The minimum absolute atomic E-state index is 0.280. The van der Waals surface area contributed by atoms with Crippen molar-refractivity contribution in [3.8, 4) is 0 Å². The summed E-state index contributed by atoms with van der Waals surface area (Å²) < 4.78 is 0. The summed E-state index contributed by atoms with van der Waals surface area (Å²) in [5.74, 6) is -1.48. The predicted molar refractivity (Wildman–Crippen MR) is 115 cm³/mol. The Balaban J connectivity index is 0.000000145. The fraction of sp³-hybridized carbons (Fsp3) is 0.381. The molecule has 3 heterocycles. The van der Waals surface area contributed by atoms with Crippen LogP contribution in [0, 0.1) is 0 Å². The Morgan fingerprint density at radius 1 is 1.24 bits per heavy atom. The zero-order valence-electron chi connectivity index (χ0n) is 16.1. The lowest BCUT2D eigenvalue weighted by molar-refractivity contribution is 0.0683. The lowest BCUT2D eigenvalue weighted by atomic mass is 10.2. The van der Waals surface area contributed by atoms with Crippen LogP contribution in [0.25, 0.3) is 10.2 Å². The molecular formula is C21H24N4O3S. The standard InChI is InChI=1S/C11H16N2.C10H8N2O3S/c12-9-10-4-3-5-11(8-10)13-6-1-2-7-13;13-8-6-4-2-1-3-5(4)16-9(6)12-7(11-8)10(14)15/h3-5,8H,1-2,6-7,9,12H2;1-3H2,(H,14,15)(H,11,12,13). The van der Waals surface area contributed by atoms with Crippen LogP contribution in [-0.4, -0.2) is 34.1 Å². The largest absolute Gasteiger partial charge is 0.475 e. The number of thiophene rings is 1. The summed E-state index contributed by atoms with van der Waals surface area (Å²) in [5, 5.41) is 9.37. The van der Waals surface area contributed by atoms with Crippen molar-refractivity contribution in [2.45, 2.75) is 38.6 Å². The minimum Gasteiger partial charge on any atom is -0.475 e. The van der Waals surface area contributed by atoms with E-state index in [1.807, 2.05) is 0 Å². The van der Waals surface area contributed by atoms with Gasteiger partial charge >= 0.3 is 5.97 Å². The van der Waals surface area contributed by atoms with Gasteiger partial charge in [0.15, 0.2) is 0 Å². The molecule has 0 radical (unpaired) electrons. The lowest BCUT2D eigenvalue weighted by Crippen LogP contribution is -2.17. The molecule has 8 heteroatoms. The van der Waals surface area contributed by atoms with Gasteiger partial charge in [0, 0.05) is 30.2 Å². The molecule has 2 aliphatic rings. The molecular weight excluding hydrogens is 388 g/mol. The monoisotopic (exact) mass is 412 g/mol. The van der Waals surface area contributed by atoms with Gasteiger partial charge in [-0.15, -0.1) is 11.3 Å². The number of rotatable bonds is 3. The zero-order chi connectivity index (χ0) is 20.4. The van der Waals surface area contributed by atoms with Gasteiger partial charge in [0.05, 0.1) is 5.39 Å². The predicted octanol–water partition coefficient (Wildman–Crippen LogP) is 2.92. The summed E-state index contributed by atoms with van der Waals surface area (Å²) in [5.41, 5.74) is 8.89. The van der Waals surface area contributed by atoms with Crippen molar-refractivity contribution in [1.82, 2.24) is 9.97 Å². The van der Waals surface area contributed by atoms with E-state index in [0.717, 1.165) is 24.8 Å². The van der Waals surface area contributed by atoms with Crippen LogP contribution in [0.4, 0.5) is 5.69 Å². The fourth-order valence-corrected chi connectivity index (χ4v) is 5.22. The van der Waals surface area contributed by atoms with Gasteiger partial charge in [-0.25, -0.2) is 9.78 Å². The van der Waals surface area contributed by atoms with Crippen molar-refractivity contribution in [3.63, 3.8) is 0 Å². The highest BCUT2D eigenvalue weighted by Gasteiger charge is 2.22. The summed E-state index contributed by atoms with van der Waals surface area (Å²) in [4.78, 5) is 32.9. The summed E-state index contributed by atoms with van der Waals surface area (Å²) in [7, 11) is 0. The number of nitrogens with one attached hydrogen (secondary N) is 1. The van der Waals surface area contributed by atoms with Crippen LogP contribution in [-0.2, 0) is 19.4 Å². The Morgan fingerprint density at radius 3 is 2.76 bits per heavy atom. The van der Waals surface area contributed by atoms with Gasteiger partial charge in [0.2, 0.25) is 5.82 Å². The molecule has 3 aromatic rings. The first-order valence-corrected chi connectivity index (χ1v) is 10.7. The van der Waals surface area contributed by atoms with Crippen molar-refractivity contribution in [2.75, 3.05) is 18.0 Å². The molecule has 4 N–H and O–H groups in total. The molecule has 0 amide bonds. The summed E-state index contributed by atoms with van der Waals surface area (Å²) in [6.45, 7) is 3.05. The van der Waals surface area contributed by atoms with E-state index in [-0.39, 0.29) is 11.4 Å². The number of hydrogen-bond acceptors (Lipinski definition) is 6. The van der Waals surface area contributed by atoms with Gasteiger partial charge in [-0.05, 0) is 55.4 Å². The number of H-pyrrole nitrogens is 1. The molecule has 152 valence electrons. The number of fused-ring (bicyclic) bond motifs is 3. The van der Waals surface area contributed by atoms with Gasteiger partial charge in [0.1, 0.15) is 4.83 Å². The number of hydrogen-bond donors (Lipinski definition) is 3. The van der Waals surface area contributed by atoms with Crippen LogP contribution >= 0.6 is 11.3 Å². The van der Waals surface area contributed by atoms with E-state index >= 15 is 0 Å². The Kier molecular flexibility index (Phi) is 5.64. The number of anilines is 1. The SMILES string of the molecule is NCc1cccc(N2CCCC2)c1.O=C(O)c1nc2sc3c(c2c(=O)[nH]1)CCC3. The van der Waals surface area contributed by atoms with E-state index in [1.54, 1.807) is 0 Å². The first-order valence-electron chi connectivity index (χ1n) is 9.88. The molecule has 1 aromatic carbocycles. The molecule has 1 aliphatic carbocycles. The molecule has 7 nitrogen and oxygen atoms in total.